The van der Waals surface area contributed by atoms with Gasteiger partial charge in [0.1, 0.15) is 22.5 Å². The van der Waals surface area contributed by atoms with E-state index in [1.165, 1.54) is 0 Å². The molecule has 4 aromatic rings. The molecule has 0 unspecified atom stereocenters. The number of nitrogens with zero attached hydrogens (tertiary/aromatic N) is 4. The molecule has 0 spiro atoms. The maximum Gasteiger partial charge on any atom is 0.258 e. The number of anilines is 1. The molecule has 10 heteroatoms. The van der Waals surface area contributed by atoms with E-state index in [1.807, 2.05) is 0 Å². The summed E-state index contributed by atoms with van der Waals surface area (Å²) in [5.41, 5.74) is 2.39. The van der Waals surface area contributed by atoms with Crippen LogP contribution in [0.5, 0.6) is 11.5 Å². The van der Waals surface area contributed by atoms with Crippen molar-refractivity contribution in [2.45, 2.75) is 0 Å². The molecule has 0 aliphatic carbocycles. The van der Waals surface area contributed by atoms with Crippen LogP contribution in [-0.4, -0.2) is 50.7 Å². The molecule has 0 aliphatic heterocycles. The molecule has 3 N–H and O–H groups in total. The van der Waals surface area contributed by atoms with Crippen LogP contribution in [0.25, 0.3) is 22.4 Å². The smallest absolute Gasteiger partial charge is 0.258 e. The minimum Gasteiger partial charge on any atom is -0.497 e. The summed E-state index contributed by atoms with van der Waals surface area (Å²) in [7, 11) is 3.13. The molecule has 0 saturated carbocycles. The summed E-state index contributed by atoms with van der Waals surface area (Å²) in [4.78, 5) is 16.7. The number of aromatic nitrogens is 6. The number of amides is 1. The summed E-state index contributed by atoms with van der Waals surface area (Å²) < 4.78 is 10.5. The van der Waals surface area contributed by atoms with E-state index in [1.54, 1.807) is 50.6 Å². The second kappa shape index (κ2) is 6.75. The highest BCUT2D eigenvalue weighted by Crippen LogP contribution is 2.31. The van der Waals surface area contributed by atoms with Gasteiger partial charge in [0.05, 0.1) is 19.8 Å². The number of hydrogen-bond acceptors (Lipinski definition) is 7. The third-order valence-electron chi connectivity index (χ3n) is 3.95. The van der Waals surface area contributed by atoms with Crippen molar-refractivity contribution < 1.29 is 14.3 Å². The summed E-state index contributed by atoms with van der Waals surface area (Å²) in [6, 6.07) is 10.3. The van der Waals surface area contributed by atoms with Crippen LogP contribution >= 0.6 is 0 Å². The fraction of sp³-hybridized carbons (Fsp3) is 0.118. The number of methoxy groups -OCH3 is 2. The van der Waals surface area contributed by atoms with Gasteiger partial charge in [0.2, 0.25) is 5.95 Å². The second-order valence-electron chi connectivity index (χ2n) is 5.56. The normalized spacial score (nSPS) is 10.7. The molecule has 0 saturated heterocycles. The van der Waals surface area contributed by atoms with E-state index in [2.05, 4.69) is 35.9 Å². The van der Waals surface area contributed by atoms with Crippen LogP contribution in [0.3, 0.4) is 0 Å². The topological polar surface area (TPSA) is 131 Å². The lowest BCUT2D eigenvalue weighted by molar-refractivity contribution is 0.102. The zero-order valence-electron chi connectivity index (χ0n) is 14.5. The Morgan fingerprint density at radius 1 is 1.00 bits per heavy atom. The molecule has 2 aromatic heterocycles. The fourth-order valence-corrected chi connectivity index (χ4v) is 2.59. The Labute approximate surface area is 152 Å². The highest BCUT2D eigenvalue weighted by molar-refractivity contribution is 6.05. The molecule has 136 valence electrons. The van der Waals surface area contributed by atoms with Crippen LogP contribution in [0.2, 0.25) is 0 Å². The average Bonchev–Trinajstić information content (AvgIpc) is 3.36. The minimum absolute atomic E-state index is 0.146. The Morgan fingerprint density at radius 2 is 1.85 bits per heavy atom. The molecule has 2 aromatic carbocycles. The summed E-state index contributed by atoms with van der Waals surface area (Å²) in [6.45, 7) is 0. The van der Waals surface area contributed by atoms with Gasteiger partial charge >= 0.3 is 0 Å². The van der Waals surface area contributed by atoms with Crippen molar-refractivity contribution in [3.05, 3.63) is 42.0 Å². The molecule has 0 radical (unpaired) electrons. The molecule has 27 heavy (non-hydrogen) atoms. The van der Waals surface area contributed by atoms with Crippen LogP contribution in [0.4, 0.5) is 5.95 Å². The Kier molecular flexibility index (Phi) is 4.13. The van der Waals surface area contributed by atoms with Gasteiger partial charge < -0.3 is 9.47 Å². The number of rotatable bonds is 5. The maximum atomic E-state index is 12.4. The van der Waals surface area contributed by atoms with Crippen LogP contribution in [0.15, 0.2) is 36.4 Å². The van der Waals surface area contributed by atoms with Crippen molar-refractivity contribution in [2.24, 2.45) is 0 Å². The van der Waals surface area contributed by atoms with Crippen molar-refractivity contribution in [1.82, 2.24) is 30.6 Å². The third kappa shape index (κ3) is 3.15. The lowest BCUT2D eigenvalue weighted by Gasteiger charge is -2.07. The number of carbonyl (C=O) groups is 1. The zero-order valence-corrected chi connectivity index (χ0v) is 14.5. The van der Waals surface area contributed by atoms with Crippen LogP contribution in [-0.2, 0) is 0 Å². The van der Waals surface area contributed by atoms with E-state index >= 15 is 0 Å². The van der Waals surface area contributed by atoms with Crippen LogP contribution in [0, 0.1) is 0 Å². The van der Waals surface area contributed by atoms with E-state index < -0.39 is 0 Å². The fourth-order valence-electron chi connectivity index (χ4n) is 2.59. The summed E-state index contributed by atoms with van der Waals surface area (Å²) in [6.07, 6.45) is 0. The molecular formula is C17H15N7O3. The van der Waals surface area contributed by atoms with Crippen LogP contribution < -0.4 is 14.8 Å². The van der Waals surface area contributed by atoms with Gasteiger partial charge in [0.25, 0.3) is 5.91 Å². The molecule has 0 bridgehead atoms. The Balaban J connectivity index is 1.56. The Morgan fingerprint density at radius 3 is 2.67 bits per heavy atom. The van der Waals surface area contributed by atoms with Crippen molar-refractivity contribution in [3.8, 4) is 22.9 Å². The molecule has 0 fully saturated rings. The first kappa shape index (κ1) is 16.5. The SMILES string of the molecule is COc1ccc(-c2nc(NC(=O)c3ccc4n[nH]nc4c3)n[nH]2)c(OC)c1. The predicted octanol–water partition coefficient (Wildman–Crippen LogP) is 2.01. The number of fused-ring (bicyclic) bond motifs is 1. The molecule has 0 aliphatic rings. The lowest BCUT2D eigenvalue weighted by atomic mass is 10.2. The minimum atomic E-state index is -0.354. The first-order valence-corrected chi connectivity index (χ1v) is 7.94. The van der Waals surface area contributed by atoms with Gasteiger partial charge in [-0.1, -0.05) is 0 Å². The number of benzene rings is 2. The van der Waals surface area contributed by atoms with Gasteiger partial charge in [-0.2, -0.15) is 20.4 Å². The molecule has 4 rings (SSSR count). The van der Waals surface area contributed by atoms with Crippen molar-refractivity contribution in [3.63, 3.8) is 0 Å². The Bertz CT molecular complexity index is 1120. The quantitative estimate of drug-likeness (QED) is 0.493. The highest BCUT2D eigenvalue weighted by atomic mass is 16.5. The first-order valence-electron chi connectivity index (χ1n) is 7.94. The van der Waals surface area contributed by atoms with Gasteiger partial charge in [-0.3, -0.25) is 15.2 Å². The number of aromatic amines is 2. The van der Waals surface area contributed by atoms with Crippen molar-refractivity contribution in [1.29, 1.82) is 0 Å². The lowest BCUT2D eigenvalue weighted by Crippen LogP contribution is -2.12. The number of nitrogens with one attached hydrogen (secondary N) is 3. The number of H-pyrrole nitrogens is 2. The van der Waals surface area contributed by atoms with Crippen molar-refractivity contribution in [2.75, 3.05) is 19.5 Å². The maximum absolute atomic E-state index is 12.4. The van der Waals surface area contributed by atoms with Gasteiger partial charge in [0, 0.05) is 11.6 Å². The van der Waals surface area contributed by atoms with Gasteiger partial charge in [-0.15, -0.1) is 5.10 Å². The van der Waals surface area contributed by atoms with E-state index in [9.17, 15) is 4.79 Å². The van der Waals surface area contributed by atoms with Gasteiger partial charge in [-0.05, 0) is 30.3 Å². The van der Waals surface area contributed by atoms with E-state index in [-0.39, 0.29) is 11.9 Å². The number of ether oxygens (including phenoxy) is 2. The summed E-state index contributed by atoms with van der Waals surface area (Å²) in [5.74, 6) is 1.48. The molecule has 1 amide bonds. The zero-order chi connectivity index (χ0) is 18.8. The summed E-state index contributed by atoms with van der Waals surface area (Å²) in [5, 5.41) is 19.9. The molecule has 10 nitrogen and oxygen atoms in total. The number of hydrogen-bond donors (Lipinski definition) is 3. The largest absolute Gasteiger partial charge is 0.497 e. The number of carbonyl (C=O) groups excluding carboxylic acids is 1. The predicted molar refractivity (Wildman–Crippen MR) is 96.8 cm³/mol. The van der Waals surface area contributed by atoms with Crippen LogP contribution in [0.1, 0.15) is 10.4 Å². The van der Waals surface area contributed by atoms with E-state index in [0.717, 1.165) is 0 Å². The second-order valence-corrected chi connectivity index (χ2v) is 5.56. The van der Waals surface area contributed by atoms with E-state index in [0.29, 0.717) is 39.5 Å². The Hall–Kier alpha value is -3.95. The standard InChI is InChI=1S/C17H15N7O3/c1-26-10-4-5-11(14(8-10)27-2)15-18-17(23-22-15)19-16(25)9-3-6-12-13(7-9)21-24-20-12/h3-8H,1-2H3,(H,20,21,24)(H2,18,19,22,23,25). The summed E-state index contributed by atoms with van der Waals surface area (Å²) >= 11 is 0. The average molecular weight is 365 g/mol. The molecular weight excluding hydrogens is 350 g/mol. The van der Waals surface area contributed by atoms with Gasteiger partial charge in [0.15, 0.2) is 5.82 Å². The van der Waals surface area contributed by atoms with E-state index in [4.69, 9.17) is 9.47 Å². The monoisotopic (exact) mass is 365 g/mol. The molecule has 2 heterocycles. The highest BCUT2D eigenvalue weighted by Gasteiger charge is 2.15. The third-order valence-corrected chi connectivity index (χ3v) is 3.95. The molecule has 0 atom stereocenters. The van der Waals surface area contributed by atoms with Crippen molar-refractivity contribution >= 4 is 22.9 Å². The first-order chi connectivity index (χ1) is 13.2. The van der Waals surface area contributed by atoms with Gasteiger partial charge in [-0.25, -0.2) is 0 Å².